The van der Waals surface area contributed by atoms with Gasteiger partial charge < -0.3 is 18.5 Å². The zero-order chi connectivity index (χ0) is 28.7. The third-order valence-corrected chi connectivity index (χ3v) is 8.29. The number of para-hydroxylation sites is 2. The number of nitrogens with zero attached hydrogens (tertiary/aromatic N) is 3. The quantitative estimate of drug-likeness (QED) is 0.234. The number of pyridine rings is 1. The highest BCUT2D eigenvalue weighted by Crippen LogP contribution is 2.41. The second kappa shape index (κ2) is 8.81. The molecule has 6 nitrogen and oxygen atoms in total. The van der Waals surface area contributed by atoms with Gasteiger partial charge in [-0.15, -0.1) is 0 Å². The number of aryl methyl sites for hydroxylation is 1. The van der Waals surface area contributed by atoms with Crippen LogP contribution in [-0.2, 0) is 7.05 Å². The topological polar surface area (TPSA) is 77.2 Å². The molecule has 0 saturated heterocycles. The summed E-state index contributed by atoms with van der Waals surface area (Å²) in [6.45, 7) is 0. The van der Waals surface area contributed by atoms with Gasteiger partial charge in [0.15, 0.2) is 0 Å². The Morgan fingerprint density at radius 1 is 0.628 bits per heavy atom. The highest BCUT2D eigenvalue weighted by atomic mass is 16.3. The summed E-state index contributed by atoms with van der Waals surface area (Å²) >= 11 is 0. The average molecular weight is 558 g/mol. The largest absolute Gasteiger partial charge is 0.507 e. The first-order chi connectivity index (χ1) is 21.1. The number of fused-ring (bicyclic) bond motifs is 7. The Balaban J connectivity index is 1.26. The SMILES string of the molecule is Cn1cc(-c2cc(-c3cc4ccccc4cn3)c3oc4ccccc4c3c2)nc1-c1cc2c(cc1O)oc1ccccc12. The number of hydrogen-bond acceptors (Lipinski definition) is 5. The number of hydrogen-bond donors (Lipinski definition) is 1. The lowest BCUT2D eigenvalue weighted by Crippen LogP contribution is -1.91. The van der Waals surface area contributed by atoms with Crippen LogP contribution in [0.4, 0.5) is 0 Å². The predicted molar refractivity (Wildman–Crippen MR) is 171 cm³/mol. The average Bonchev–Trinajstić information content (AvgIpc) is 3.72. The number of phenolic OH excluding ortho intramolecular Hbond substituents is 1. The van der Waals surface area contributed by atoms with E-state index in [0.29, 0.717) is 17.0 Å². The van der Waals surface area contributed by atoms with Crippen molar-refractivity contribution < 1.29 is 13.9 Å². The van der Waals surface area contributed by atoms with Gasteiger partial charge in [0.1, 0.15) is 33.9 Å². The van der Waals surface area contributed by atoms with Crippen molar-refractivity contribution >= 4 is 54.6 Å². The molecule has 0 aliphatic heterocycles. The molecule has 0 amide bonds. The fraction of sp³-hybridized carbons (Fsp3) is 0.0270. The zero-order valence-electron chi connectivity index (χ0n) is 23.1. The summed E-state index contributed by atoms with van der Waals surface area (Å²) in [4.78, 5) is 9.89. The molecule has 0 atom stereocenters. The summed E-state index contributed by atoms with van der Waals surface area (Å²) in [5, 5.41) is 17.2. The van der Waals surface area contributed by atoms with Crippen LogP contribution in [0.5, 0.6) is 5.75 Å². The number of aromatic hydroxyl groups is 1. The van der Waals surface area contributed by atoms with Crippen LogP contribution in [0.2, 0.25) is 0 Å². The Morgan fingerprint density at radius 3 is 2.19 bits per heavy atom. The lowest BCUT2D eigenvalue weighted by Gasteiger charge is -2.07. The van der Waals surface area contributed by atoms with Gasteiger partial charge in [-0.25, -0.2) is 4.98 Å². The molecule has 4 aromatic heterocycles. The molecule has 204 valence electrons. The molecule has 0 aliphatic rings. The summed E-state index contributed by atoms with van der Waals surface area (Å²) in [5.74, 6) is 0.770. The second-order valence-corrected chi connectivity index (χ2v) is 10.9. The smallest absolute Gasteiger partial charge is 0.144 e. The molecule has 0 unspecified atom stereocenters. The fourth-order valence-electron chi connectivity index (χ4n) is 6.19. The number of furan rings is 2. The van der Waals surface area contributed by atoms with Crippen molar-refractivity contribution in [3.63, 3.8) is 0 Å². The molecular weight excluding hydrogens is 534 g/mol. The van der Waals surface area contributed by atoms with E-state index in [1.807, 2.05) is 84.7 Å². The monoisotopic (exact) mass is 557 g/mol. The summed E-state index contributed by atoms with van der Waals surface area (Å²) < 4.78 is 14.3. The van der Waals surface area contributed by atoms with Crippen LogP contribution >= 0.6 is 0 Å². The molecule has 4 heterocycles. The number of benzene rings is 5. The molecule has 0 saturated carbocycles. The van der Waals surface area contributed by atoms with E-state index in [1.165, 1.54) is 0 Å². The Hall–Kier alpha value is -5.88. The fourth-order valence-corrected chi connectivity index (χ4v) is 6.19. The molecule has 0 bridgehead atoms. The van der Waals surface area contributed by atoms with Crippen molar-refractivity contribution in [2.24, 2.45) is 7.05 Å². The maximum atomic E-state index is 11.1. The van der Waals surface area contributed by atoms with E-state index in [0.717, 1.165) is 71.6 Å². The predicted octanol–water partition coefficient (Wildman–Crippen LogP) is 9.47. The van der Waals surface area contributed by atoms with Crippen molar-refractivity contribution in [3.05, 3.63) is 116 Å². The van der Waals surface area contributed by atoms with Gasteiger partial charge in [0, 0.05) is 63.6 Å². The van der Waals surface area contributed by atoms with Gasteiger partial charge >= 0.3 is 0 Å². The zero-order valence-corrected chi connectivity index (χ0v) is 23.1. The van der Waals surface area contributed by atoms with Gasteiger partial charge in [0.25, 0.3) is 0 Å². The van der Waals surface area contributed by atoms with Crippen LogP contribution in [0.3, 0.4) is 0 Å². The van der Waals surface area contributed by atoms with Crippen LogP contribution in [0.25, 0.3) is 88.6 Å². The number of imidazole rings is 1. The van der Waals surface area contributed by atoms with Gasteiger partial charge in [-0.05, 0) is 41.8 Å². The van der Waals surface area contributed by atoms with E-state index in [4.69, 9.17) is 18.8 Å². The minimum atomic E-state index is 0.115. The van der Waals surface area contributed by atoms with Crippen molar-refractivity contribution in [1.29, 1.82) is 0 Å². The Bertz CT molecular complexity index is 2550. The Labute approximate surface area is 245 Å². The Morgan fingerprint density at radius 2 is 1.35 bits per heavy atom. The summed E-state index contributed by atoms with van der Waals surface area (Å²) in [7, 11) is 1.94. The first kappa shape index (κ1) is 23.8. The van der Waals surface area contributed by atoms with Gasteiger partial charge in [0.05, 0.1) is 17.0 Å². The highest BCUT2D eigenvalue weighted by molar-refractivity contribution is 6.11. The van der Waals surface area contributed by atoms with Crippen molar-refractivity contribution in [2.75, 3.05) is 0 Å². The van der Waals surface area contributed by atoms with Gasteiger partial charge in [-0.1, -0.05) is 60.7 Å². The molecule has 43 heavy (non-hydrogen) atoms. The lowest BCUT2D eigenvalue weighted by molar-refractivity contribution is 0.476. The van der Waals surface area contributed by atoms with Gasteiger partial charge in [-0.3, -0.25) is 4.98 Å². The standard InChI is InChI=1S/C37H23N3O3/c1-40-20-31(39-37(40)29-17-26-24-10-4-6-12-33(24)42-35(26)18-32(29)41)23-14-27-25-11-5-7-13-34(25)43-36(27)28(15-23)30-16-21-8-2-3-9-22(21)19-38-30/h2-20,41H,1H3. The first-order valence-electron chi connectivity index (χ1n) is 14.1. The minimum absolute atomic E-state index is 0.115. The first-order valence-corrected chi connectivity index (χ1v) is 14.1. The molecular formula is C37H23N3O3. The van der Waals surface area contributed by atoms with Gasteiger partial charge in [-0.2, -0.15) is 0 Å². The number of phenols is 1. The molecule has 9 rings (SSSR count). The van der Waals surface area contributed by atoms with Crippen LogP contribution in [0.1, 0.15) is 0 Å². The third kappa shape index (κ3) is 3.60. The summed E-state index contributed by atoms with van der Waals surface area (Å²) in [5.41, 5.74) is 7.11. The molecule has 6 heteroatoms. The van der Waals surface area contributed by atoms with Crippen molar-refractivity contribution in [3.8, 4) is 39.7 Å². The van der Waals surface area contributed by atoms with Crippen molar-refractivity contribution in [2.45, 2.75) is 0 Å². The number of rotatable bonds is 3. The van der Waals surface area contributed by atoms with Gasteiger partial charge in [0.2, 0.25) is 0 Å². The minimum Gasteiger partial charge on any atom is -0.507 e. The molecule has 0 spiro atoms. The normalized spacial score (nSPS) is 11.9. The molecule has 1 N–H and O–H groups in total. The number of aromatic nitrogens is 3. The van der Waals surface area contributed by atoms with Crippen LogP contribution in [0.15, 0.2) is 124 Å². The van der Waals surface area contributed by atoms with Crippen LogP contribution in [-0.4, -0.2) is 19.6 Å². The second-order valence-electron chi connectivity index (χ2n) is 10.9. The van der Waals surface area contributed by atoms with E-state index < -0.39 is 0 Å². The summed E-state index contributed by atoms with van der Waals surface area (Å²) in [6, 6.07) is 34.1. The lowest BCUT2D eigenvalue weighted by atomic mass is 10.00. The molecule has 0 fully saturated rings. The van der Waals surface area contributed by atoms with Crippen LogP contribution < -0.4 is 0 Å². The van der Waals surface area contributed by atoms with E-state index in [2.05, 4.69) is 36.4 Å². The summed E-state index contributed by atoms with van der Waals surface area (Å²) in [6.07, 6.45) is 3.90. The molecule has 5 aromatic carbocycles. The molecule has 0 radical (unpaired) electrons. The Kier molecular flexibility index (Phi) is 4.87. The maximum Gasteiger partial charge on any atom is 0.144 e. The van der Waals surface area contributed by atoms with E-state index in [9.17, 15) is 5.11 Å². The molecule has 9 aromatic rings. The van der Waals surface area contributed by atoms with Crippen molar-refractivity contribution in [1.82, 2.24) is 14.5 Å². The molecule has 0 aliphatic carbocycles. The van der Waals surface area contributed by atoms with E-state index in [-0.39, 0.29) is 5.75 Å². The van der Waals surface area contributed by atoms with Crippen LogP contribution in [0, 0.1) is 0 Å². The third-order valence-electron chi connectivity index (χ3n) is 8.29. The highest BCUT2D eigenvalue weighted by Gasteiger charge is 2.20. The van der Waals surface area contributed by atoms with E-state index in [1.54, 1.807) is 6.07 Å². The van der Waals surface area contributed by atoms with E-state index >= 15 is 0 Å². The maximum absolute atomic E-state index is 11.1.